The Bertz CT molecular complexity index is 1230. The molecule has 3 N–H and O–H groups in total. The number of aryl methyl sites for hydroxylation is 2. The predicted octanol–water partition coefficient (Wildman–Crippen LogP) is 5.27. The maximum atomic E-state index is 15.1. The second kappa shape index (κ2) is 10.4. The lowest BCUT2D eigenvalue weighted by molar-refractivity contribution is 0.0950. The molecule has 0 aliphatic carbocycles. The third-order valence-electron chi connectivity index (χ3n) is 5.20. The number of nitrogens with zero attached hydrogens (tertiary/aromatic N) is 3. The SMILES string of the molecule is C=Nc1ccc(Cc2cc(C(=O)NCc3c(C)cc(N)nc3C)ccn2)c(F)c1/C=C(\C)Cl. The number of carbonyl (C=O) groups excluding carboxylic acids is 1. The summed E-state index contributed by atoms with van der Waals surface area (Å²) in [6, 6.07) is 8.35. The highest BCUT2D eigenvalue weighted by Gasteiger charge is 2.14. The monoisotopic (exact) mass is 465 g/mol. The van der Waals surface area contributed by atoms with Crippen molar-refractivity contribution in [1.82, 2.24) is 15.3 Å². The highest BCUT2D eigenvalue weighted by Crippen LogP contribution is 2.28. The first-order valence-corrected chi connectivity index (χ1v) is 10.6. The summed E-state index contributed by atoms with van der Waals surface area (Å²) in [4.78, 5) is 25.1. The molecule has 0 unspecified atom stereocenters. The Kier molecular flexibility index (Phi) is 7.55. The van der Waals surface area contributed by atoms with E-state index in [0.717, 1.165) is 16.8 Å². The van der Waals surface area contributed by atoms with Crippen LogP contribution in [0.1, 0.15) is 50.9 Å². The minimum Gasteiger partial charge on any atom is -0.384 e. The van der Waals surface area contributed by atoms with Crippen LogP contribution in [0.2, 0.25) is 0 Å². The fraction of sp³-hybridized carbons (Fsp3) is 0.200. The number of rotatable bonds is 7. The van der Waals surface area contributed by atoms with E-state index in [2.05, 4.69) is 27.0 Å². The van der Waals surface area contributed by atoms with Crippen molar-refractivity contribution < 1.29 is 9.18 Å². The van der Waals surface area contributed by atoms with Crippen LogP contribution in [0.4, 0.5) is 15.9 Å². The van der Waals surface area contributed by atoms with Crippen molar-refractivity contribution >= 4 is 41.8 Å². The van der Waals surface area contributed by atoms with E-state index in [1.165, 1.54) is 12.3 Å². The molecule has 6 nitrogen and oxygen atoms in total. The first-order valence-electron chi connectivity index (χ1n) is 10.3. The number of pyridine rings is 2. The molecule has 8 heteroatoms. The van der Waals surface area contributed by atoms with Crippen molar-refractivity contribution in [2.45, 2.75) is 33.7 Å². The average Bonchev–Trinajstić information content (AvgIpc) is 2.75. The Morgan fingerprint density at radius 3 is 2.73 bits per heavy atom. The normalized spacial score (nSPS) is 11.4. The lowest BCUT2D eigenvalue weighted by atomic mass is 10.0. The molecular weight excluding hydrogens is 441 g/mol. The van der Waals surface area contributed by atoms with Crippen LogP contribution >= 0.6 is 11.6 Å². The smallest absolute Gasteiger partial charge is 0.251 e. The van der Waals surface area contributed by atoms with Crippen molar-refractivity contribution in [3.05, 3.63) is 86.6 Å². The van der Waals surface area contributed by atoms with Crippen LogP contribution in [0.25, 0.3) is 6.08 Å². The number of anilines is 1. The number of hydrogen-bond acceptors (Lipinski definition) is 5. The quantitative estimate of drug-likeness (QED) is 0.465. The molecule has 3 aromatic rings. The van der Waals surface area contributed by atoms with Crippen LogP contribution in [-0.4, -0.2) is 22.6 Å². The topological polar surface area (TPSA) is 93.3 Å². The lowest BCUT2D eigenvalue weighted by Crippen LogP contribution is -2.24. The molecule has 0 bridgehead atoms. The summed E-state index contributed by atoms with van der Waals surface area (Å²) in [5, 5.41) is 3.33. The van der Waals surface area contributed by atoms with E-state index in [4.69, 9.17) is 17.3 Å². The summed E-state index contributed by atoms with van der Waals surface area (Å²) in [5.41, 5.74) is 10.5. The Balaban J connectivity index is 1.80. The highest BCUT2D eigenvalue weighted by molar-refractivity contribution is 6.31. The Morgan fingerprint density at radius 1 is 1.30 bits per heavy atom. The molecular formula is C25H25ClFN5O. The number of benzene rings is 1. The molecule has 2 aromatic heterocycles. The van der Waals surface area contributed by atoms with Gasteiger partial charge in [-0.05, 0) is 74.5 Å². The molecule has 0 saturated carbocycles. The van der Waals surface area contributed by atoms with E-state index in [1.807, 2.05) is 13.8 Å². The average molecular weight is 466 g/mol. The molecule has 0 spiro atoms. The Labute approximate surface area is 197 Å². The van der Waals surface area contributed by atoms with Gasteiger partial charge >= 0.3 is 0 Å². The van der Waals surface area contributed by atoms with Gasteiger partial charge in [-0.1, -0.05) is 17.7 Å². The molecule has 0 fully saturated rings. The summed E-state index contributed by atoms with van der Waals surface area (Å²) < 4.78 is 15.1. The van der Waals surface area contributed by atoms with Crippen LogP contribution in [0.5, 0.6) is 0 Å². The second-order valence-electron chi connectivity index (χ2n) is 7.68. The van der Waals surface area contributed by atoms with Gasteiger partial charge in [-0.3, -0.25) is 14.8 Å². The number of allylic oxidation sites excluding steroid dienone is 1. The summed E-state index contributed by atoms with van der Waals surface area (Å²) in [6.07, 6.45) is 3.25. The minimum absolute atomic E-state index is 0.201. The molecule has 0 aliphatic heterocycles. The molecule has 3 rings (SSSR count). The summed E-state index contributed by atoms with van der Waals surface area (Å²) >= 11 is 5.95. The van der Waals surface area contributed by atoms with E-state index >= 15 is 4.39 Å². The first kappa shape index (κ1) is 24.1. The van der Waals surface area contributed by atoms with Gasteiger partial charge < -0.3 is 11.1 Å². The highest BCUT2D eigenvalue weighted by atomic mass is 35.5. The van der Waals surface area contributed by atoms with Gasteiger partial charge in [0.1, 0.15) is 11.6 Å². The minimum atomic E-state index is -0.446. The van der Waals surface area contributed by atoms with E-state index in [1.54, 1.807) is 37.3 Å². The van der Waals surface area contributed by atoms with Gasteiger partial charge in [0.05, 0.1) is 5.69 Å². The number of nitrogen functional groups attached to an aromatic ring is 1. The van der Waals surface area contributed by atoms with Crippen LogP contribution in [0, 0.1) is 19.7 Å². The molecule has 0 atom stereocenters. The lowest BCUT2D eigenvalue weighted by Gasteiger charge is -2.12. The molecule has 0 aliphatic rings. The molecule has 170 valence electrons. The first-order chi connectivity index (χ1) is 15.7. The summed E-state index contributed by atoms with van der Waals surface area (Å²) in [5.74, 6) is -0.261. The summed E-state index contributed by atoms with van der Waals surface area (Å²) in [6.45, 7) is 9.24. The molecule has 1 amide bonds. The Morgan fingerprint density at radius 2 is 2.06 bits per heavy atom. The number of hydrogen-bond donors (Lipinski definition) is 2. The maximum Gasteiger partial charge on any atom is 0.251 e. The number of nitrogens with one attached hydrogen (secondary N) is 1. The standard InChI is InChI=1S/C25H25ClFN5O/c1-14-9-23(28)32-16(3)21(14)13-31-25(33)18-7-8-30-19(12-18)11-17-5-6-22(29-4)20(24(17)27)10-15(2)26/h5-10,12H,4,11,13H2,1-3H3,(H2,28,32)(H,31,33)/b15-10+. The van der Waals surface area contributed by atoms with Gasteiger partial charge in [-0.25, -0.2) is 9.37 Å². The second-order valence-corrected chi connectivity index (χ2v) is 8.28. The predicted molar refractivity (Wildman–Crippen MR) is 131 cm³/mol. The van der Waals surface area contributed by atoms with Crippen LogP contribution in [0.3, 0.4) is 0 Å². The van der Waals surface area contributed by atoms with Crippen LogP contribution < -0.4 is 11.1 Å². The number of nitrogens with two attached hydrogens (primary N) is 1. The van der Waals surface area contributed by atoms with Gasteiger partial charge in [-0.2, -0.15) is 0 Å². The van der Waals surface area contributed by atoms with Gasteiger partial charge in [0.15, 0.2) is 0 Å². The zero-order valence-electron chi connectivity index (χ0n) is 18.7. The van der Waals surface area contributed by atoms with Crippen molar-refractivity contribution in [2.24, 2.45) is 4.99 Å². The van der Waals surface area contributed by atoms with E-state index in [0.29, 0.717) is 39.9 Å². The van der Waals surface area contributed by atoms with Crippen molar-refractivity contribution in [2.75, 3.05) is 5.73 Å². The zero-order chi connectivity index (χ0) is 24.1. The fourth-order valence-electron chi connectivity index (χ4n) is 3.58. The van der Waals surface area contributed by atoms with E-state index in [9.17, 15) is 4.79 Å². The summed E-state index contributed by atoms with van der Waals surface area (Å²) in [7, 11) is 0. The van der Waals surface area contributed by atoms with Gasteiger partial charge in [0, 0.05) is 46.7 Å². The van der Waals surface area contributed by atoms with E-state index < -0.39 is 5.82 Å². The number of aromatic nitrogens is 2. The Hall–Kier alpha value is -3.58. The number of amides is 1. The van der Waals surface area contributed by atoms with Crippen molar-refractivity contribution in [3.8, 4) is 0 Å². The third kappa shape index (κ3) is 5.81. The maximum absolute atomic E-state index is 15.1. The largest absolute Gasteiger partial charge is 0.384 e. The van der Waals surface area contributed by atoms with Gasteiger partial charge in [0.2, 0.25) is 0 Å². The zero-order valence-corrected chi connectivity index (χ0v) is 19.5. The molecule has 2 heterocycles. The van der Waals surface area contributed by atoms with Crippen LogP contribution in [0.15, 0.2) is 46.6 Å². The fourth-order valence-corrected chi connectivity index (χ4v) is 3.68. The molecule has 0 radical (unpaired) electrons. The molecule has 0 saturated heterocycles. The number of halogens is 2. The van der Waals surface area contributed by atoms with Gasteiger partial charge in [-0.15, -0.1) is 0 Å². The van der Waals surface area contributed by atoms with Gasteiger partial charge in [0.25, 0.3) is 5.91 Å². The van der Waals surface area contributed by atoms with E-state index in [-0.39, 0.29) is 17.9 Å². The molecule has 33 heavy (non-hydrogen) atoms. The molecule has 1 aromatic carbocycles. The number of carbonyl (C=O) groups is 1. The number of aliphatic imine (C=N–C) groups is 1. The van der Waals surface area contributed by atoms with Crippen LogP contribution in [-0.2, 0) is 13.0 Å². The van der Waals surface area contributed by atoms with Crippen molar-refractivity contribution in [1.29, 1.82) is 0 Å². The third-order valence-corrected chi connectivity index (χ3v) is 5.31. The van der Waals surface area contributed by atoms with Crippen molar-refractivity contribution in [3.63, 3.8) is 0 Å².